The lowest BCUT2D eigenvalue weighted by Crippen LogP contribution is -2.24. The number of rotatable bonds is 7. The summed E-state index contributed by atoms with van der Waals surface area (Å²) < 4.78 is 7.49. The van der Waals surface area contributed by atoms with Crippen LogP contribution in [-0.2, 0) is 12.4 Å². The third kappa shape index (κ3) is 3.82. The van der Waals surface area contributed by atoms with Gasteiger partial charge in [0.1, 0.15) is 18.1 Å². The zero-order chi connectivity index (χ0) is 21.4. The summed E-state index contributed by atoms with van der Waals surface area (Å²) in [6, 6.07) is 12.2. The number of carbonyl (C=O) groups is 1. The van der Waals surface area contributed by atoms with E-state index in [1.807, 2.05) is 6.07 Å². The molecule has 8 nitrogen and oxygen atoms in total. The Labute approximate surface area is 182 Å². The molecule has 0 N–H and O–H groups in total. The standard InChI is InChI=1S/C22H18ClN5O3/c23-12-21-26-17-4-2-1-3-16(17)22(30)28(21)18-11-14(5-8-20(18)31-15-6-7-15)19(29)13-27-24-9-10-25-27/h1-5,8-11,15H,6-7,12-13H2. The van der Waals surface area contributed by atoms with E-state index in [1.54, 1.807) is 36.4 Å². The Morgan fingerprint density at radius 2 is 1.90 bits per heavy atom. The highest BCUT2D eigenvalue weighted by molar-refractivity contribution is 6.16. The van der Waals surface area contributed by atoms with Gasteiger partial charge in [0.2, 0.25) is 0 Å². The number of aromatic nitrogens is 5. The topological polar surface area (TPSA) is 91.9 Å². The molecule has 0 saturated heterocycles. The van der Waals surface area contributed by atoms with Gasteiger partial charge in [0, 0.05) is 5.56 Å². The van der Waals surface area contributed by atoms with Gasteiger partial charge in [0.05, 0.1) is 41.0 Å². The smallest absolute Gasteiger partial charge is 0.266 e. The van der Waals surface area contributed by atoms with Crippen molar-refractivity contribution in [1.82, 2.24) is 24.5 Å². The van der Waals surface area contributed by atoms with E-state index < -0.39 is 0 Å². The van der Waals surface area contributed by atoms with E-state index in [0.717, 1.165) is 12.8 Å². The van der Waals surface area contributed by atoms with Crippen LogP contribution in [0.15, 0.2) is 59.7 Å². The number of benzene rings is 2. The molecule has 0 atom stereocenters. The summed E-state index contributed by atoms with van der Waals surface area (Å²) >= 11 is 6.17. The largest absolute Gasteiger partial charge is 0.488 e. The highest BCUT2D eigenvalue weighted by Crippen LogP contribution is 2.32. The van der Waals surface area contributed by atoms with Crippen molar-refractivity contribution in [2.75, 3.05) is 0 Å². The molecule has 2 aromatic carbocycles. The van der Waals surface area contributed by atoms with Gasteiger partial charge in [-0.1, -0.05) is 12.1 Å². The van der Waals surface area contributed by atoms with Crippen molar-refractivity contribution in [2.24, 2.45) is 0 Å². The monoisotopic (exact) mass is 435 g/mol. The van der Waals surface area contributed by atoms with Crippen molar-refractivity contribution in [1.29, 1.82) is 0 Å². The number of carbonyl (C=O) groups excluding carboxylic acids is 1. The maximum atomic E-state index is 13.4. The van der Waals surface area contributed by atoms with E-state index in [1.165, 1.54) is 21.8 Å². The van der Waals surface area contributed by atoms with Crippen LogP contribution in [-0.4, -0.2) is 36.4 Å². The zero-order valence-corrected chi connectivity index (χ0v) is 17.2. The molecule has 1 saturated carbocycles. The summed E-state index contributed by atoms with van der Waals surface area (Å²) in [4.78, 5) is 32.1. The Hall–Kier alpha value is -3.52. The van der Waals surface area contributed by atoms with Gasteiger partial charge in [0.15, 0.2) is 5.78 Å². The first-order chi connectivity index (χ1) is 15.1. The molecule has 1 fully saturated rings. The second-order valence-corrected chi connectivity index (χ2v) is 7.57. The van der Waals surface area contributed by atoms with Crippen LogP contribution >= 0.6 is 11.6 Å². The molecule has 0 radical (unpaired) electrons. The summed E-state index contributed by atoms with van der Waals surface area (Å²) in [6.07, 6.45) is 5.05. The average Bonchev–Trinajstić information content (AvgIpc) is 3.46. The number of alkyl halides is 1. The number of nitrogens with zero attached hydrogens (tertiary/aromatic N) is 5. The molecule has 0 spiro atoms. The summed E-state index contributed by atoms with van der Waals surface area (Å²) in [5, 5.41) is 8.43. The van der Waals surface area contributed by atoms with Crippen molar-refractivity contribution < 1.29 is 9.53 Å². The number of hydrogen-bond acceptors (Lipinski definition) is 6. The molecule has 1 aliphatic rings. The fraction of sp³-hybridized carbons (Fsp3) is 0.227. The van der Waals surface area contributed by atoms with Crippen molar-refractivity contribution in [3.63, 3.8) is 0 Å². The van der Waals surface area contributed by atoms with Crippen LogP contribution in [0.1, 0.15) is 29.0 Å². The summed E-state index contributed by atoms with van der Waals surface area (Å²) in [7, 11) is 0. The summed E-state index contributed by atoms with van der Waals surface area (Å²) in [5.41, 5.74) is 1.17. The number of fused-ring (bicyclic) bond motifs is 1. The predicted octanol–water partition coefficient (Wildman–Crippen LogP) is 3.14. The number of hydrogen-bond donors (Lipinski definition) is 0. The minimum absolute atomic E-state index is 0.0114. The van der Waals surface area contributed by atoms with Gasteiger partial charge in [0.25, 0.3) is 5.56 Å². The van der Waals surface area contributed by atoms with E-state index in [0.29, 0.717) is 33.7 Å². The number of Topliss-reactive ketones (excluding diaryl/α,β-unsaturated/α-hetero) is 1. The van der Waals surface area contributed by atoms with Gasteiger partial charge >= 0.3 is 0 Å². The highest BCUT2D eigenvalue weighted by atomic mass is 35.5. The number of ether oxygens (including phenoxy) is 1. The van der Waals surface area contributed by atoms with Crippen molar-refractivity contribution in [2.45, 2.75) is 31.4 Å². The van der Waals surface area contributed by atoms with Crippen LogP contribution in [0, 0.1) is 0 Å². The van der Waals surface area contributed by atoms with Crippen LogP contribution in [0.3, 0.4) is 0 Å². The van der Waals surface area contributed by atoms with Crippen LogP contribution in [0.5, 0.6) is 5.75 Å². The molecule has 4 aromatic rings. The maximum Gasteiger partial charge on any atom is 0.266 e. The van der Waals surface area contributed by atoms with Gasteiger partial charge in [-0.15, -0.1) is 11.6 Å². The van der Waals surface area contributed by atoms with Gasteiger partial charge < -0.3 is 4.74 Å². The van der Waals surface area contributed by atoms with Gasteiger partial charge in [-0.2, -0.15) is 15.0 Å². The number of halogens is 1. The maximum absolute atomic E-state index is 13.4. The van der Waals surface area contributed by atoms with E-state index >= 15 is 0 Å². The summed E-state index contributed by atoms with van der Waals surface area (Å²) in [5.74, 6) is 0.731. The molecule has 5 rings (SSSR count). The van der Waals surface area contributed by atoms with E-state index in [-0.39, 0.29) is 29.9 Å². The number of para-hydroxylation sites is 1. The molecule has 0 amide bonds. The normalized spacial score (nSPS) is 13.5. The minimum Gasteiger partial charge on any atom is -0.488 e. The predicted molar refractivity (Wildman–Crippen MR) is 115 cm³/mol. The first-order valence-electron chi connectivity index (χ1n) is 9.89. The Morgan fingerprint density at radius 3 is 2.65 bits per heavy atom. The second kappa shape index (κ2) is 7.96. The van der Waals surface area contributed by atoms with Crippen molar-refractivity contribution in [3.05, 3.63) is 76.6 Å². The molecule has 2 aromatic heterocycles. The van der Waals surface area contributed by atoms with Gasteiger partial charge in [-0.05, 0) is 43.2 Å². The molecular formula is C22H18ClN5O3. The second-order valence-electron chi connectivity index (χ2n) is 7.30. The Kier molecular flexibility index (Phi) is 4.99. The number of ketones is 1. The fourth-order valence-corrected chi connectivity index (χ4v) is 3.57. The lowest BCUT2D eigenvalue weighted by molar-refractivity contribution is 0.0962. The van der Waals surface area contributed by atoms with Crippen LogP contribution in [0.2, 0.25) is 0 Å². The molecule has 2 heterocycles. The van der Waals surface area contributed by atoms with E-state index in [2.05, 4.69) is 15.2 Å². The fourth-order valence-electron chi connectivity index (χ4n) is 3.39. The zero-order valence-electron chi connectivity index (χ0n) is 16.4. The Bertz CT molecular complexity index is 1330. The van der Waals surface area contributed by atoms with Crippen LogP contribution < -0.4 is 10.3 Å². The van der Waals surface area contributed by atoms with Crippen LogP contribution in [0.25, 0.3) is 16.6 Å². The Balaban J connectivity index is 1.67. The Morgan fingerprint density at radius 1 is 1.13 bits per heavy atom. The molecular weight excluding hydrogens is 418 g/mol. The molecule has 0 unspecified atom stereocenters. The van der Waals surface area contributed by atoms with Gasteiger partial charge in [-0.25, -0.2) is 4.98 Å². The summed E-state index contributed by atoms with van der Waals surface area (Å²) in [6.45, 7) is -0.0114. The molecule has 31 heavy (non-hydrogen) atoms. The molecule has 156 valence electrons. The lowest BCUT2D eigenvalue weighted by atomic mass is 10.1. The quantitative estimate of drug-likeness (QED) is 0.327. The molecule has 0 aliphatic heterocycles. The average molecular weight is 436 g/mol. The SMILES string of the molecule is O=C(Cn1nccn1)c1ccc(OC2CC2)c(-n2c(CCl)nc3ccccc3c2=O)c1. The van der Waals surface area contributed by atoms with E-state index in [4.69, 9.17) is 16.3 Å². The first kappa shape index (κ1) is 19.4. The molecule has 0 bridgehead atoms. The third-order valence-corrected chi connectivity index (χ3v) is 5.30. The first-order valence-corrected chi connectivity index (χ1v) is 10.4. The molecule has 9 heteroatoms. The van der Waals surface area contributed by atoms with Gasteiger partial charge in [-0.3, -0.25) is 14.2 Å². The highest BCUT2D eigenvalue weighted by Gasteiger charge is 2.26. The van der Waals surface area contributed by atoms with E-state index in [9.17, 15) is 9.59 Å². The molecule has 1 aliphatic carbocycles. The van der Waals surface area contributed by atoms with Crippen molar-refractivity contribution in [3.8, 4) is 11.4 Å². The van der Waals surface area contributed by atoms with Crippen LogP contribution in [0.4, 0.5) is 0 Å². The van der Waals surface area contributed by atoms with Crippen molar-refractivity contribution >= 4 is 28.3 Å². The minimum atomic E-state index is -0.264. The third-order valence-electron chi connectivity index (χ3n) is 5.06. The lowest BCUT2D eigenvalue weighted by Gasteiger charge is -2.17.